The molecule has 0 radical (unpaired) electrons. The van der Waals surface area contributed by atoms with E-state index < -0.39 is 0 Å². The fraction of sp³-hybridized carbons (Fsp3) is 0.500. The predicted molar refractivity (Wildman–Crippen MR) is 86.3 cm³/mol. The molecule has 22 heavy (non-hydrogen) atoms. The van der Waals surface area contributed by atoms with Gasteiger partial charge in [0.25, 0.3) is 0 Å². The van der Waals surface area contributed by atoms with Crippen molar-refractivity contribution in [3.63, 3.8) is 0 Å². The molecule has 1 N–H and O–H groups in total. The van der Waals surface area contributed by atoms with Crippen LogP contribution in [0.2, 0.25) is 0 Å². The van der Waals surface area contributed by atoms with Crippen molar-refractivity contribution in [2.45, 2.75) is 57.0 Å². The third kappa shape index (κ3) is 2.75. The van der Waals surface area contributed by atoms with E-state index >= 15 is 0 Å². The molecular formula is C18H22N4. The van der Waals surface area contributed by atoms with E-state index in [1.54, 1.807) is 6.20 Å². The van der Waals surface area contributed by atoms with Crippen LogP contribution in [0.4, 0.5) is 0 Å². The van der Waals surface area contributed by atoms with Crippen LogP contribution in [0.25, 0.3) is 11.4 Å². The van der Waals surface area contributed by atoms with Crippen molar-refractivity contribution in [1.82, 2.24) is 20.3 Å². The van der Waals surface area contributed by atoms with Gasteiger partial charge in [-0.1, -0.05) is 12.8 Å². The highest BCUT2D eigenvalue weighted by Gasteiger charge is 2.26. The first-order chi connectivity index (χ1) is 10.9. The lowest BCUT2D eigenvalue weighted by Crippen LogP contribution is -2.33. The van der Waals surface area contributed by atoms with Crippen molar-refractivity contribution in [3.05, 3.63) is 42.0 Å². The first kappa shape index (κ1) is 13.8. The van der Waals surface area contributed by atoms with Gasteiger partial charge in [-0.15, -0.1) is 0 Å². The number of aromatic nitrogens is 3. The molecule has 2 aliphatic carbocycles. The van der Waals surface area contributed by atoms with E-state index in [4.69, 9.17) is 4.98 Å². The summed E-state index contributed by atoms with van der Waals surface area (Å²) < 4.78 is 0. The molecule has 2 aliphatic rings. The first-order valence-corrected chi connectivity index (χ1v) is 8.42. The zero-order chi connectivity index (χ0) is 14.8. The van der Waals surface area contributed by atoms with Gasteiger partial charge in [0.15, 0.2) is 5.82 Å². The van der Waals surface area contributed by atoms with Crippen LogP contribution in [0.1, 0.15) is 55.8 Å². The van der Waals surface area contributed by atoms with E-state index in [1.807, 2.05) is 24.5 Å². The van der Waals surface area contributed by atoms with Crippen molar-refractivity contribution < 1.29 is 0 Å². The lowest BCUT2D eigenvalue weighted by atomic mass is 9.91. The minimum Gasteiger partial charge on any atom is -0.307 e. The molecular weight excluding hydrogens is 272 g/mol. The molecule has 2 aromatic rings. The van der Waals surface area contributed by atoms with Gasteiger partial charge in [0.05, 0.1) is 0 Å². The number of hydrogen-bond acceptors (Lipinski definition) is 4. The van der Waals surface area contributed by atoms with Crippen LogP contribution in [0.3, 0.4) is 0 Å². The summed E-state index contributed by atoms with van der Waals surface area (Å²) >= 11 is 0. The third-order valence-corrected chi connectivity index (χ3v) is 4.89. The largest absolute Gasteiger partial charge is 0.307 e. The molecule has 0 aliphatic heterocycles. The molecule has 2 heterocycles. The van der Waals surface area contributed by atoms with Crippen LogP contribution < -0.4 is 5.32 Å². The molecule has 114 valence electrons. The molecule has 1 fully saturated rings. The van der Waals surface area contributed by atoms with E-state index in [9.17, 15) is 0 Å². The second-order valence-corrected chi connectivity index (χ2v) is 6.43. The molecule has 0 aromatic carbocycles. The molecule has 0 amide bonds. The van der Waals surface area contributed by atoms with Gasteiger partial charge in [-0.05, 0) is 44.2 Å². The smallest absolute Gasteiger partial charge is 0.160 e. The maximum Gasteiger partial charge on any atom is 0.160 e. The fourth-order valence-electron chi connectivity index (χ4n) is 3.73. The van der Waals surface area contributed by atoms with Gasteiger partial charge in [0, 0.05) is 47.5 Å². The minimum atomic E-state index is 0.440. The Kier molecular flexibility index (Phi) is 3.85. The summed E-state index contributed by atoms with van der Waals surface area (Å²) in [6, 6.07) is 5.08. The molecule has 1 unspecified atom stereocenters. The molecule has 4 rings (SSSR count). The van der Waals surface area contributed by atoms with Gasteiger partial charge >= 0.3 is 0 Å². The van der Waals surface area contributed by atoms with Crippen LogP contribution in [0.5, 0.6) is 0 Å². The predicted octanol–water partition coefficient (Wildman–Crippen LogP) is 3.45. The lowest BCUT2D eigenvalue weighted by Gasteiger charge is -2.28. The average molecular weight is 294 g/mol. The Balaban J connectivity index is 1.60. The number of fused-ring (bicyclic) bond motifs is 1. The van der Waals surface area contributed by atoms with Gasteiger partial charge in [-0.25, -0.2) is 9.97 Å². The van der Waals surface area contributed by atoms with E-state index in [0.29, 0.717) is 12.1 Å². The average Bonchev–Trinajstić information content (AvgIpc) is 3.08. The van der Waals surface area contributed by atoms with Gasteiger partial charge in [-0.2, -0.15) is 0 Å². The molecule has 0 spiro atoms. The summed E-state index contributed by atoms with van der Waals surface area (Å²) in [5, 5.41) is 3.84. The topological polar surface area (TPSA) is 50.7 Å². The molecule has 0 bridgehead atoms. The van der Waals surface area contributed by atoms with E-state index in [2.05, 4.69) is 15.3 Å². The van der Waals surface area contributed by atoms with Crippen molar-refractivity contribution >= 4 is 0 Å². The van der Waals surface area contributed by atoms with E-state index in [0.717, 1.165) is 17.8 Å². The summed E-state index contributed by atoms with van der Waals surface area (Å²) in [6.45, 7) is 0. The lowest BCUT2D eigenvalue weighted by molar-refractivity contribution is 0.393. The van der Waals surface area contributed by atoms with Gasteiger partial charge in [0.1, 0.15) is 0 Å². The Morgan fingerprint density at radius 2 is 1.95 bits per heavy atom. The highest BCUT2D eigenvalue weighted by atomic mass is 15.0. The van der Waals surface area contributed by atoms with Crippen molar-refractivity contribution in [1.29, 1.82) is 0 Å². The van der Waals surface area contributed by atoms with Gasteiger partial charge < -0.3 is 5.32 Å². The summed E-state index contributed by atoms with van der Waals surface area (Å²) in [4.78, 5) is 13.6. The quantitative estimate of drug-likeness (QED) is 0.942. The zero-order valence-electron chi connectivity index (χ0n) is 12.8. The fourth-order valence-corrected chi connectivity index (χ4v) is 3.73. The number of aryl methyl sites for hydroxylation is 1. The Labute approximate surface area is 131 Å². The highest BCUT2D eigenvalue weighted by molar-refractivity contribution is 5.53. The zero-order valence-corrected chi connectivity index (χ0v) is 12.8. The summed E-state index contributed by atoms with van der Waals surface area (Å²) in [5.74, 6) is 0.799. The summed E-state index contributed by atoms with van der Waals surface area (Å²) in [7, 11) is 0. The Morgan fingerprint density at radius 1 is 1.05 bits per heavy atom. The van der Waals surface area contributed by atoms with Gasteiger partial charge in [-0.3, -0.25) is 4.98 Å². The molecule has 1 saturated carbocycles. The maximum absolute atomic E-state index is 4.82. The van der Waals surface area contributed by atoms with E-state index in [1.165, 1.54) is 49.8 Å². The standard InChI is InChI=1S/C18H22N4/c1-2-7-14(6-1)21-16-8-3-9-17-15(16)12-20-18(22-17)13-5-4-10-19-11-13/h4-5,10-12,14,16,21H,1-3,6-9H2. The highest BCUT2D eigenvalue weighted by Crippen LogP contribution is 2.31. The van der Waals surface area contributed by atoms with Crippen molar-refractivity contribution in [2.75, 3.05) is 0 Å². The van der Waals surface area contributed by atoms with Crippen LogP contribution in [-0.2, 0) is 6.42 Å². The molecule has 2 aromatic heterocycles. The number of hydrogen-bond donors (Lipinski definition) is 1. The van der Waals surface area contributed by atoms with Crippen molar-refractivity contribution in [3.8, 4) is 11.4 Å². The number of rotatable bonds is 3. The Bertz CT molecular complexity index is 635. The second kappa shape index (κ2) is 6.13. The van der Waals surface area contributed by atoms with Crippen LogP contribution in [0, 0.1) is 0 Å². The summed E-state index contributed by atoms with van der Waals surface area (Å²) in [5.41, 5.74) is 3.53. The number of nitrogens with one attached hydrogen (secondary N) is 1. The monoisotopic (exact) mass is 294 g/mol. The SMILES string of the molecule is c1cncc(-c2ncc3c(n2)CCCC3NC2CCCC2)c1. The van der Waals surface area contributed by atoms with Crippen molar-refractivity contribution in [2.24, 2.45) is 0 Å². The van der Waals surface area contributed by atoms with Gasteiger partial charge in [0.2, 0.25) is 0 Å². The number of pyridine rings is 1. The molecule has 4 heteroatoms. The molecule has 0 saturated heterocycles. The van der Waals surface area contributed by atoms with Crippen LogP contribution >= 0.6 is 0 Å². The summed E-state index contributed by atoms with van der Waals surface area (Å²) in [6.07, 6.45) is 14.5. The maximum atomic E-state index is 4.82. The third-order valence-electron chi connectivity index (χ3n) is 4.89. The second-order valence-electron chi connectivity index (χ2n) is 6.43. The Morgan fingerprint density at radius 3 is 2.77 bits per heavy atom. The normalized spacial score (nSPS) is 21.7. The molecule has 4 nitrogen and oxygen atoms in total. The Hall–Kier alpha value is -1.81. The molecule has 1 atom stereocenters. The first-order valence-electron chi connectivity index (χ1n) is 8.42. The van der Waals surface area contributed by atoms with E-state index in [-0.39, 0.29) is 0 Å². The van der Waals surface area contributed by atoms with Crippen LogP contribution in [-0.4, -0.2) is 21.0 Å². The van der Waals surface area contributed by atoms with Crippen LogP contribution in [0.15, 0.2) is 30.7 Å². The number of nitrogens with zero attached hydrogens (tertiary/aromatic N) is 3. The minimum absolute atomic E-state index is 0.440.